The van der Waals surface area contributed by atoms with Crippen LogP contribution in [0.15, 0.2) is 126 Å². The van der Waals surface area contributed by atoms with Crippen LogP contribution in [-0.2, 0) is 4.74 Å². The van der Waals surface area contributed by atoms with Crippen LogP contribution in [0.4, 0.5) is 0 Å². The van der Waals surface area contributed by atoms with Crippen molar-refractivity contribution in [1.82, 2.24) is 0 Å². The Morgan fingerprint density at radius 3 is 1.64 bits per heavy atom. The zero-order chi connectivity index (χ0) is 23.0. The first-order chi connectivity index (χ1) is 16.1. The van der Waals surface area contributed by atoms with Gasteiger partial charge in [-0.05, 0) is 34.4 Å². The molecule has 0 fully saturated rings. The summed E-state index contributed by atoms with van der Waals surface area (Å²) in [6, 6.07) is 37.0. The van der Waals surface area contributed by atoms with Crippen molar-refractivity contribution in [2.75, 3.05) is 7.11 Å². The number of ether oxygens (including phenoxy) is 1. The van der Waals surface area contributed by atoms with E-state index in [0.29, 0.717) is 17.4 Å². The molecule has 0 saturated heterocycles. The largest absolute Gasteiger partial charge is 0.484 e. The van der Waals surface area contributed by atoms with Gasteiger partial charge in [0.05, 0.1) is 12.8 Å². The maximum absolute atomic E-state index is 5.32. The third kappa shape index (κ3) is 5.52. The summed E-state index contributed by atoms with van der Waals surface area (Å²) in [4.78, 5) is 9.46. The van der Waals surface area contributed by atoms with Crippen LogP contribution in [0.25, 0.3) is 28.0 Å². The predicted molar refractivity (Wildman–Crippen MR) is 139 cm³/mol. The quantitative estimate of drug-likeness (QED) is 0.238. The molecule has 4 aromatic carbocycles. The average Bonchev–Trinajstić information content (AvgIpc) is 2.89. The summed E-state index contributed by atoms with van der Waals surface area (Å²) in [6.45, 7) is 6.06. The van der Waals surface area contributed by atoms with Crippen molar-refractivity contribution in [1.29, 1.82) is 0 Å². The molecule has 0 atom stereocenters. The van der Waals surface area contributed by atoms with Crippen molar-refractivity contribution in [3.63, 3.8) is 0 Å². The van der Waals surface area contributed by atoms with E-state index in [1.54, 1.807) is 7.11 Å². The maximum Gasteiger partial charge on any atom is 0.186 e. The highest BCUT2D eigenvalue weighted by atomic mass is 16.5. The zero-order valence-corrected chi connectivity index (χ0v) is 18.9. The molecule has 3 nitrogen and oxygen atoms in total. The third-order valence-corrected chi connectivity index (χ3v) is 5.33. The standard InChI is InChI=1S/C30H26N2O/c1-22(26-16-10-17-27(20-26)24-12-6-4-7-13-24)31-30(32-23(2)33-3)29-19-11-18-28(21-29)25-14-8-5-9-15-25/h4-21H,1H2,2-3H3. The van der Waals surface area contributed by atoms with Gasteiger partial charge in [0.1, 0.15) is 0 Å². The van der Waals surface area contributed by atoms with Gasteiger partial charge in [0, 0.05) is 18.1 Å². The molecule has 0 spiro atoms. The Labute approximate surface area is 195 Å². The van der Waals surface area contributed by atoms with Crippen LogP contribution in [0.3, 0.4) is 0 Å². The molecule has 0 bridgehead atoms. The number of aliphatic imine (C=N–C) groups is 2. The second kappa shape index (κ2) is 10.4. The summed E-state index contributed by atoms with van der Waals surface area (Å²) in [7, 11) is 1.61. The molecule has 0 N–H and O–H groups in total. The minimum atomic E-state index is 0.532. The van der Waals surface area contributed by atoms with Crippen molar-refractivity contribution in [3.8, 4) is 22.3 Å². The minimum Gasteiger partial charge on any atom is -0.484 e. The predicted octanol–water partition coefficient (Wildman–Crippen LogP) is 7.50. The van der Waals surface area contributed by atoms with Crippen molar-refractivity contribution in [2.45, 2.75) is 6.92 Å². The van der Waals surface area contributed by atoms with E-state index < -0.39 is 0 Å². The van der Waals surface area contributed by atoms with E-state index in [9.17, 15) is 0 Å². The molecule has 4 rings (SSSR count). The van der Waals surface area contributed by atoms with Crippen LogP contribution < -0.4 is 0 Å². The number of nitrogens with zero attached hydrogens (tertiary/aromatic N) is 2. The van der Waals surface area contributed by atoms with Gasteiger partial charge in [0.25, 0.3) is 0 Å². The summed E-state index contributed by atoms with van der Waals surface area (Å²) in [5, 5.41) is 0. The molecular weight excluding hydrogens is 404 g/mol. The van der Waals surface area contributed by atoms with E-state index in [4.69, 9.17) is 9.73 Å². The number of hydrogen-bond donors (Lipinski definition) is 0. The maximum atomic E-state index is 5.32. The third-order valence-electron chi connectivity index (χ3n) is 5.33. The molecular formula is C30H26N2O. The first kappa shape index (κ1) is 22.0. The minimum absolute atomic E-state index is 0.532. The molecule has 0 amide bonds. The number of benzene rings is 4. The highest BCUT2D eigenvalue weighted by Crippen LogP contribution is 2.25. The molecule has 0 aliphatic rings. The Kier molecular flexibility index (Phi) is 6.91. The van der Waals surface area contributed by atoms with Gasteiger partial charge in [-0.25, -0.2) is 4.99 Å². The van der Waals surface area contributed by atoms with E-state index in [-0.39, 0.29) is 0 Å². The molecule has 0 heterocycles. The fourth-order valence-electron chi connectivity index (χ4n) is 3.52. The normalized spacial score (nSPS) is 11.8. The molecule has 3 heteroatoms. The lowest BCUT2D eigenvalue weighted by molar-refractivity contribution is 0.401. The summed E-state index contributed by atoms with van der Waals surface area (Å²) in [5.74, 6) is 1.09. The molecule has 0 saturated carbocycles. The molecule has 162 valence electrons. The molecule has 33 heavy (non-hydrogen) atoms. The van der Waals surface area contributed by atoms with Gasteiger partial charge in [0.15, 0.2) is 11.7 Å². The van der Waals surface area contributed by atoms with E-state index in [1.807, 2.05) is 67.6 Å². The molecule has 4 aromatic rings. The number of rotatable bonds is 5. The smallest absolute Gasteiger partial charge is 0.186 e. The van der Waals surface area contributed by atoms with E-state index in [1.165, 1.54) is 0 Å². The van der Waals surface area contributed by atoms with Crippen molar-refractivity contribution >= 4 is 17.4 Å². The first-order valence-corrected chi connectivity index (χ1v) is 10.8. The second-order valence-corrected chi connectivity index (χ2v) is 7.61. The fraction of sp³-hybridized carbons (Fsp3) is 0.0667. The monoisotopic (exact) mass is 430 g/mol. The molecule has 0 unspecified atom stereocenters. The lowest BCUT2D eigenvalue weighted by atomic mass is 10.0. The second-order valence-electron chi connectivity index (χ2n) is 7.61. The summed E-state index contributed by atoms with van der Waals surface area (Å²) >= 11 is 0. The fourth-order valence-corrected chi connectivity index (χ4v) is 3.52. The highest BCUT2D eigenvalue weighted by Gasteiger charge is 2.09. The van der Waals surface area contributed by atoms with Crippen molar-refractivity contribution < 1.29 is 4.74 Å². The van der Waals surface area contributed by atoms with E-state index in [0.717, 1.165) is 33.4 Å². The summed E-state index contributed by atoms with van der Waals surface area (Å²) in [5.41, 5.74) is 6.99. The summed E-state index contributed by atoms with van der Waals surface area (Å²) < 4.78 is 5.32. The molecule has 0 aliphatic carbocycles. The topological polar surface area (TPSA) is 34.0 Å². The average molecular weight is 431 g/mol. The van der Waals surface area contributed by atoms with Crippen LogP contribution >= 0.6 is 0 Å². The Balaban J connectivity index is 1.73. The van der Waals surface area contributed by atoms with Crippen LogP contribution in [0, 0.1) is 0 Å². The number of hydrogen-bond acceptors (Lipinski definition) is 2. The van der Waals surface area contributed by atoms with E-state index >= 15 is 0 Å². The Hall–Kier alpha value is -4.24. The van der Waals surface area contributed by atoms with Gasteiger partial charge in [-0.3, -0.25) is 0 Å². The zero-order valence-electron chi connectivity index (χ0n) is 18.9. The van der Waals surface area contributed by atoms with Gasteiger partial charge in [-0.15, -0.1) is 0 Å². The van der Waals surface area contributed by atoms with Gasteiger partial charge < -0.3 is 4.74 Å². The van der Waals surface area contributed by atoms with Gasteiger partial charge in [-0.2, -0.15) is 4.99 Å². The SMILES string of the molecule is C=C(N=C(N=C(C)OC)c1cccc(-c2ccccc2)c1)c1cccc(-c2ccccc2)c1. The Morgan fingerprint density at radius 2 is 1.09 bits per heavy atom. The molecule has 0 aromatic heterocycles. The van der Waals surface area contributed by atoms with Gasteiger partial charge in [-0.1, -0.05) is 104 Å². The number of methoxy groups -OCH3 is 1. The van der Waals surface area contributed by atoms with E-state index in [2.05, 4.69) is 60.1 Å². The summed E-state index contributed by atoms with van der Waals surface area (Å²) in [6.07, 6.45) is 0. The van der Waals surface area contributed by atoms with Crippen LogP contribution in [-0.4, -0.2) is 18.8 Å². The van der Waals surface area contributed by atoms with Gasteiger partial charge >= 0.3 is 0 Å². The Morgan fingerprint density at radius 1 is 0.606 bits per heavy atom. The van der Waals surface area contributed by atoms with Crippen molar-refractivity contribution in [3.05, 3.63) is 127 Å². The van der Waals surface area contributed by atoms with Gasteiger partial charge in [0.2, 0.25) is 0 Å². The molecule has 0 radical (unpaired) electrons. The lowest BCUT2D eigenvalue weighted by Crippen LogP contribution is -2.04. The lowest BCUT2D eigenvalue weighted by Gasteiger charge is -2.09. The Bertz CT molecular complexity index is 1310. The number of amidine groups is 1. The highest BCUT2D eigenvalue weighted by molar-refractivity contribution is 6.07. The van der Waals surface area contributed by atoms with Crippen LogP contribution in [0.1, 0.15) is 18.1 Å². The van der Waals surface area contributed by atoms with Crippen molar-refractivity contribution in [2.24, 2.45) is 9.98 Å². The first-order valence-electron chi connectivity index (χ1n) is 10.8. The molecule has 0 aliphatic heterocycles. The van der Waals surface area contributed by atoms with Crippen LogP contribution in [0.2, 0.25) is 0 Å². The van der Waals surface area contributed by atoms with Crippen LogP contribution in [0.5, 0.6) is 0 Å².